The summed E-state index contributed by atoms with van der Waals surface area (Å²) in [5.74, 6) is -0.959. The molecule has 120 valence electrons. The number of halogens is 1. The van der Waals surface area contributed by atoms with E-state index in [0.717, 1.165) is 10.8 Å². The fraction of sp³-hybridized carbons (Fsp3) is 0.0526. The van der Waals surface area contributed by atoms with E-state index in [1.165, 1.54) is 0 Å². The summed E-state index contributed by atoms with van der Waals surface area (Å²) in [5, 5.41) is 4.87. The summed E-state index contributed by atoms with van der Waals surface area (Å²) >= 11 is 5.85. The average Bonchev–Trinajstić information content (AvgIpc) is 2.59. The van der Waals surface area contributed by atoms with Crippen molar-refractivity contribution in [1.82, 2.24) is 0 Å². The second kappa shape index (κ2) is 7.15. The number of anilines is 1. The zero-order valence-corrected chi connectivity index (χ0v) is 13.4. The normalized spacial score (nSPS) is 10.4. The molecule has 0 fully saturated rings. The molecule has 0 atom stereocenters. The van der Waals surface area contributed by atoms with Crippen molar-refractivity contribution in [3.63, 3.8) is 0 Å². The first-order valence-corrected chi connectivity index (χ1v) is 7.71. The Bertz CT molecular complexity index is 903. The van der Waals surface area contributed by atoms with Crippen molar-refractivity contribution >= 4 is 39.9 Å². The topological polar surface area (TPSA) is 55.4 Å². The fourth-order valence-corrected chi connectivity index (χ4v) is 2.57. The molecule has 0 aliphatic carbocycles. The van der Waals surface area contributed by atoms with Crippen LogP contribution in [0.5, 0.6) is 0 Å². The molecule has 1 N–H and O–H groups in total. The molecule has 0 aliphatic heterocycles. The third-order valence-electron chi connectivity index (χ3n) is 3.45. The number of benzene rings is 3. The van der Waals surface area contributed by atoms with Crippen LogP contribution in [0.4, 0.5) is 5.69 Å². The third kappa shape index (κ3) is 3.73. The average molecular weight is 340 g/mol. The summed E-state index contributed by atoms with van der Waals surface area (Å²) in [6.07, 6.45) is 0. The highest BCUT2D eigenvalue weighted by atomic mass is 35.5. The highest BCUT2D eigenvalue weighted by molar-refractivity contribution is 6.30. The van der Waals surface area contributed by atoms with Crippen molar-refractivity contribution < 1.29 is 14.3 Å². The summed E-state index contributed by atoms with van der Waals surface area (Å²) in [6, 6.07) is 19.6. The van der Waals surface area contributed by atoms with E-state index in [9.17, 15) is 9.59 Å². The van der Waals surface area contributed by atoms with E-state index in [0.29, 0.717) is 16.3 Å². The van der Waals surface area contributed by atoms with Gasteiger partial charge in [0.15, 0.2) is 6.61 Å². The molecule has 5 heteroatoms. The number of nitrogens with one attached hydrogen (secondary N) is 1. The molecule has 3 aromatic carbocycles. The number of amides is 1. The Morgan fingerprint density at radius 1 is 0.958 bits per heavy atom. The van der Waals surface area contributed by atoms with Gasteiger partial charge >= 0.3 is 5.97 Å². The van der Waals surface area contributed by atoms with Crippen LogP contribution in [0.2, 0.25) is 5.02 Å². The molecule has 0 spiro atoms. The van der Waals surface area contributed by atoms with E-state index in [1.54, 1.807) is 36.4 Å². The van der Waals surface area contributed by atoms with Crippen molar-refractivity contribution in [1.29, 1.82) is 0 Å². The first-order chi connectivity index (χ1) is 11.6. The van der Waals surface area contributed by atoms with Gasteiger partial charge in [-0.2, -0.15) is 0 Å². The first-order valence-electron chi connectivity index (χ1n) is 7.34. The van der Waals surface area contributed by atoms with Crippen LogP contribution in [-0.2, 0) is 9.53 Å². The Hall–Kier alpha value is -2.85. The van der Waals surface area contributed by atoms with Crippen molar-refractivity contribution in [3.8, 4) is 0 Å². The minimum atomic E-state index is -0.534. The van der Waals surface area contributed by atoms with Crippen LogP contribution in [0.25, 0.3) is 10.8 Å². The molecule has 24 heavy (non-hydrogen) atoms. The van der Waals surface area contributed by atoms with Gasteiger partial charge in [-0.15, -0.1) is 0 Å². The van der Waals surface area contributed by atoms with E-state index in [4.69, 9.17) is 16.3 Å². The third-order valence-corrected chi connectivity index (χ3v) is 3.69. The number of carbonyl (C=O) groups is 2. The Kier molecular flexibility index (Phi) is 4.77. The second-order valence-electron chi connectivity index (χ2n) is 5.16. The van der Waals surface area contributed by atoms with Gasteiger partial charge in [-0.3, -0.25) is 4.79 Å². The van der Waals surface area contributed by atoms with Crippen LogP contribution in [0.15, 0.2) is 66.7 Å². The Morgan fingerprint density at radius 2 is 1.71 bits per heavy atom. The van der Waals surface area contributed by atoms with Gasteiger partial charge in [-0.1, -0.05) is 54.1 Å². The highest BCUT2D eigenvalue weighted by Crippen LogP contribution is 2.19. The minimum absolute atomic E-state index is 0.367. The molecule has 0 bridgehead atoms. The predicted octanol–water partition coefficient (Wildman–Crippen LogP) is 4.29. The van der Waals surface area contributed by atoms with Gasteiger partial charge in [0, 0.05) is 10.7 Å². The zero-order chi connectivity index (χ0) is 16.9. The Morgan fingerprint density at radius 3 is 2.54 bits per heavy atom. The number of rotatable bonds is 4. The molecule has 0 radical (unpaired) electrons. The molecule has 0 saturated carbocycles. The quantitative estimate of drug-likeness (QED) is 0.721. The lowest BCUT2D eigenvalue weighted by Crippen LogP contribution is -2.21. The van der Waals surface area contributed by atoms with Gasteiger partial charge < -0.3 is 10.1 Å². The van der Waals surface area contributed by atoms with Crippen LogP contribution >= 0.6 is 11.6 Å². The number of esters is 1. The first kappa shape index (κ1) is 16.0. The van der Waals surface area contributed by atoms with Crippen molar-refractivity contribution in [3.05, 3.63) is 77.3 Å². The summed E-state index contributed by atoms with van der Waals surface area (Å²) in [6.45, 7) is -0.367. The Labute approximate surface area is 144 Å². The summed E-state index contributed by atoms with van der Waals surface area (Å²) in [5.41, 5.74) is 0.984. The minimum Gasteiger partial charge on any atom is -0.452 e. The van der Waals surface area contributed by atoms with Crippen LogP contribution in [0, 0.1) is 0 Å². The van der Waals surface area contributed by atoms with E-state index >= 15 is 0 Å². The molecule has 1 amide bonds. The number of hydrogen-bond acceptors (Lipinski definition) is 3. The molecular weight excluding hydrogens is 326 g/mol. The van der Waals surface area contributed by atoms with Crippen molar-refractivity contribution in [2.24, 2.45) is 0 Å². The number of hydrogen-bond donors (Lipinski definition) is 1. The van der Waals surface area contributed by atoms with Crippen LogP contribution in [0.1, 0.15) is 10.4 Å². The number of carbonyl (C=O) groups excluding carboxylic acids is 2. The summed E-state index contributed by atoms with van der Waals surface area (Å²) in [4.78, 5) is 24.1. The molecule has 0 unspecified atom stereocenters. The van der Waals surface area contributed by atoms with Gasteiger partial charge in [-0.05, 0) is 35.0 Å². The smallest absolute Gasteiger partial charge is 0.339 e. The molecule has 3 aromatic rings. The molecule has 0 heterocycles. The maximum Gasteiger partial charge on any atom is 0.339 e. The lowest BCUT2D eigenvalue weighted by Gasteiger charge is -2.08. The molecule has 4 nitrogen and oxygen atoms in total. The van der Waals surface area contributed by atoms with Gasteiger partial charge in [0.2, 0.25) is 0 Å². The van der Waals surface area contributed by atoms with Crippen LogP contribution < -0.4 is 5.32 Å². The van der Waals surface area contributed by atoms with Gasteiger partial charge in [0.25, 0.3) is 5.91 Å². The lowest BCUT2D eigenvalue weighted by atomic mass is 10.1. The predicted molar refractivity (Wildman–Crippen MR) is 94.3 cm³/mol. The molecule has 3 rings (SSSR count). The van der Waals surface area contributed by atoms with Crippen molar-refractivity contribution in [2.75, 3.05) is 11.9 Å². The van der Waals surface area contributed by atoms with Crippen LogP contribution in [-0.4, -0.2) is 18.5 Å². The maximum absolute atomic E-state index is 12.2. The molecule has 0 saturated heterocycles. The number of fused-ring (bicyclic) bond motifs is 1. The van der Waals surface area contributed by atoms with E-state index in [2.05, 4.69) is 5.32 Å². The highest BCUT2D eigenvalue weighted by Gasteiger charge is 2.13. The van der Waals surface area contributed by atoms with E-state index in [1.807, 2.05) is 30.3 Å². The largest absolute Gasteiger partial charge is 0.452 e. The summed E-state index contributed by atoms with van der Waals surface area (Å²) in [7, 11) is 0. The lowest BCUT2D eigenvalue weighted by molar-refractivity contribution is -0.119. The van der Waals surface area contributed by atoms with Gasteiger partial charge in [0.05, 0.1) is 5.56 Å². The van der Waals surface area contributed by atoms with Gasteiger partial charge in [0.1, 0.15) is 0 Å². The molecule has 0 aliphatic rings. The SMILES string of the molecule is O=C(COC(=O)c1cccc2ccccc12)Nc1cccc(Cl)c1. The van der Waals surface area contributed by atoms with E-state index < -0.39 is 11.9 Å². The zero-order valence-electron chi connectivity index (χ0n) is 12.7. The molecular formula is C19H14ClNO3. The Balaban J connectivity index is 1.65. The van der Waals surface area contributed by atoms with Crippen LogP contribution in [0.3, 0.4) is 0 Å². The van der Waals surface area contributed by atoms with E-state index in [-0.39, 0.29) is 6.61 Å². The van der Waals surface area contributed by atoms with Gasteiger partial charge in [-0.25, -0.2) is 4.79 Å². The summed E-state index contributed by atoms with van der Waals surface area (Å²) < 4.78 is 5.12. The molecule has 0 aromatic heterocycles. The second-order valence-corrected chi connectivity index (χ2v) is 5.60. The fourth-order valence-electron chi connectivity index (χ4n) is 2.38. The maximum atomic E-state index is 12.2. The van der Waals surface area contributed by atoms with Crippen molar-refractivity contribution in [2.45, 2.75) is 0 Å². The standard InChI is InChI=1S/C19H14ClNO3/c20-14-7-4-8-15(11-14)21-18(22)12-24-19(23)17-10-3-6-13-5-1-2-9-16(13)17/h1-11H,12H2,(H,21,22). The number of ether oxygens (including phenoxy) is 1. The monoisotopic (exact) mass is 339 g/mol.